The monoisotopic (exact) mass is 392 g/mol. The van der Waals surface area contributed by atoms with Gasteiger partial charge in [-0.2, -0.15) is 0 Å². The Hall–Kier alpha value is -0.910. The molecule has 0 spiro atoms. The number of fused-ring (bicyclic) bond motifs is 3. The van der Waals surface area contributed by atoms with Gasteiger partial charge in [0.15, 0.2) is 10.3 Å². The van der Waals surface area contributed by atoms with Crippen LogP contribution < -0.4 is 4.90 Å². The maximum absolute atomic E-state index is 13.1. The Morgan fingerprint density at radius 2 is 2.00 bits per heavy atom. The first kappa shape index (κ1) is 18.9. The fourth-order valence-electron chi connectivity index (χ4n) is 3.49. The smallest absolute Gasteiger partial charge is 0.301 e. The van der Waals surface area contributed by atoms with E-state index in [2.05, 4.69) is 56.9 Å². The highest BCUT2D eigenvalue weighted by molar-refractivity contribution is 8.02. The van der Waals surface area contributed by atoms with E-state index in [0.29, 0.717) is 6.42 Å². The molecule has 2 aromatic rings. The van der Waals surface area contributed by atoms with Gasteiger partial charge >= 0.3 is 10.3 Å². The third-order valence-electron chi connectivity index (χ3n) is 4.68. The van der Waals surface area contributed by atoms with Crippen LogP contribution in [0.25, 0.3) is 11.1 Å². The van der Waals surface area contributed by atoms with E-state index in [1.165, 1.54) is 20.2 Å². The van der Waals surface area contributed by atoms with E-state index in [4.69, 9.17) is 0 Å². The minimum atomic E-state index is -0.291. The number of anilines is 1. The molecule has 1 aromatic heterocycles. The summed E-state index contributed by atoms with van der Waals surface area (Å²) in [6.45, 7) is 8.77. The summed E-state index contributed by atoms with van der Waals surface area (Å²) in [7, 11) is 3.70. The second kappa shape index (κ2) is 7.77. The van der Waals surface area contributed by atoms with Crippen LogP contribution in [0.4, 0.5) is 5.69 Å². The molecule has 3 rings (SSSR count). The minimum absolute atomic E-state index is 0.250. The predicted octanol–water partition coefficient (Wildman–Crippen LogP) is 7.03. The first-order valence-corrected chi connectivity index (χ1v) is 12.2. The number of thioether (sulfide) groups is 1. The summed E-state index contributed by atoms with van der Waals surface area (Å²) in [5.41, 5.74) is 3.36. The van der Waals surface area contributed by atoms with E-state index in [-0.39, 0.29) is 11.4 Å². The zero-order valence-electron chi connectivity index (χ0n) is 15.4. The molecular formula is C20H26NOS3+. The molecular weight excluding hydrogens is 366 g/mol. The van der Waals surface area contributed by atoms with Gasteiger partial charge < -0.3 is 4.90 Å². The largest absolute Gasteiger partial charge is 0.308 e. The van der Waals surface area contributed by atoms with Crippen LogP contribution in [0.15, 0.2) is 28.5 Å². The summed E-state index contributed by atoms with van der Waals surface area (Å²) in [6.07, 6.45) is 3.86. The first-order chi connectivity index (χ1) is 12.0. The third-order valence-corrected chi connectivity index (χ3v) is 8.91. The maximum Gasteiger partial charge on any atom is 0.308 e. The van der Waals surface area contributed by atoms with Gasteiger partial charge in [0.25, 0.3) is 4.21 Å². The number of unbranched alkanes of at least 4 members (excludes halogenated alkanes) is 2. The lowest BCUT2D eigenvalue weighted by Gasteiger charge is -2.42. The van der Waals surface area contributed by atoms with Crippen molar-refractivity contribution in [3.63, 3.8) is 0 Å². The summed E-state index contributed by atoms with van der Waals surface area (Å²) < 4.78 is 1.39. The van der Waals surface area contributed by atoms with E-state index in [1.807, 2.05) is 32.4 Å². The summed E-state index contributed by atoms with van der Waals surface area (Å²) in [4.78, 5) is 16.5. The highest BCUT2D eigenvalue weighted by atomic mass is 32.9. The molecule has 0 saturated heterocycles. The average molecular weight is 393 g/mol. The molecule has 134 valence electrons. The fraction of sp³-hybridized carbons (Fsp3) is 0.500. The normalized spacial score (nSPS) is 15.0. The van der Waals surface area contributed by atoms with Crippen molar-refractivity contribution < 1.29 is 4.79 Å². The van der Waals surface area contributed by atoms with Crippen LogP contribution in [-0.4, -0.2) is 11.7 Å². The molecule has 0 unspecified atom stereocenters. The second-order valence-corrected chi connectivity index (χ2v) is 10.5. The number of amides is 1. The topological polar surface area (TPSA) is 20.3 Å². The molecule has 2 heterocycles. The molecule has 0 fully saturated rings. The van der Waals surface area contributed by atoms with E-state index in [1.54, 1.807) is 0 Å². The molecule has 0 bridgehead atoms. The molecule has 0 radical (unpaired) electrons. The molecule has 1 aliphatic heterocycles. The second-order valence-electron chi connectivity index (χ2n) is 6.85. The van der Waals surface area contributed by atoms with Crippen molar-refractivity contribution in [2.24, 2.45) is 0 Å². The van der Waals surface area contributed by atoms with Crippen LogP contribution in [0.2, 0.25) is 0 Å². The number of rotatable bonds is 6. The third kappa shape index (κ3) is 3.38. The van der Waals surface area contributed by atoms with Gasteiger partial charge in [-0.05, 0) is 26.3 Å². The number of hydrogen-bond donors (Lipinski definition) is 0. The van der Waals surface area contributed by atoms with Gasteiger partial charge in [-0.1, -0.05) is 56.7 Å². The lowest BCUT2D eigenvalue weighted by atomic mass is 9.87. The molecule has 25 heavy (non-hydrogen) atoms. The zero-order chi connectivity index (χ0) is 18.0. The number of carbonyl (C=O) groups excluding carboxylic acids is 1. The number of benzene rings is 1. The van der Waals surface area contributed by atoms with Crippen molar-refractivity contribution in [3.8, 4) is 11.1 Å². The Morgan fingerprint density at radius 3 is 2.72 bits per heavy atom. The van der Waals surface area contributed by atoms with Crippen LogP contribution in [0.3, 0.4) is 0 Å². The van der Waals surface area contributed by atoms with Gasteiger partial charge in [-0.3, -0.25) is 4.79 Å². The Bertz CT molecular complexity index is 766. The van der Waals surface area contributed by atoms with Crippen molar-refractivity contribution in [3.05, 3.63) is 29.1 Å². The van der Waals surface area contributed by atoms with Gasteiger partial charge in [0.1, 0.15) is 4.88 Å². The van der Waals surface area contributed by atoms with Gasteiger partial charge in [-0.15, -0.1) is 0 Å². The van der Waals surface area contributed by atoms with Crippen molar-refractivity contribution >= 4 is 44.0 Å². The first-order valence-electron chi connectivity index (χ1n) is 9.04. The minimum Gasteiger partial charge on any atom is -0.301 e. The highest BCUT2D eigenvalue weighted by Crippen LogP contribution is 2.55. The Kier molecular flexibility index (Phi) is 5.86. The molecule has 0 atom stereocenters. The van der Waals surface area contributed by atoms with Crippen LogP contribution in [-0.2, 0) is 10.3 Å². The summed E-state index contributed by atoms with van der Waals surface area (Å²) in [5, 5.41) is 0. The van der Waals surface area contributed by atoms with E-state index < -0.39 is 0 Å². The van der Waals surface area contributed by atoms with Crippen molar-refractivity contribution in [2.45, 2.75) is 63.1 Å². The molecule has 5 heteroatoms. The predicted molar refractivity (Wildman–Crippen MR) is 113 cm³/mol. The fourth-order valence-corrected chi connectivity index (χ4v) is 8.16. The van der Waals surface area contributed by atoms with E-state index in [0.717, 1.165) is 30.7 Å². The van der Waals surface area contributed by atoms with E-state index >= 15 is 0 Å². The van der Waals surface area contributed by atoms with Gasteiger partial charge in [0, 0.05) is 17.7 Å². The lowest BCUT2D eigenvalue weighted by Crippen LogP contribution is -2.47. The molecule has 0 aliphatic carbocycles. The molecule has 1 aromatic carbocycles. The van der Waals surface area contributed by atoms with E-state index in [9.17, 15) is 4.79 Å². The SMILES string of the molecule is CCCCCC(=O)N1c2ccccc2-c2c(s[s+]c2SCC)C1(C)C. The standard InChI is InChI=1S/C20H26NOS3/c1-5-7-8-13-16(22)21-15-12-10-9-11-14(15)17-18(20(21,3)4)24-25-19(17)23-6-2/h9-12H,5-8,13H2,1-4H3/q+1. The highest BCUT2D eigenvalue weighted by Gasteiger charge is 2.46. The lowest BCUT2D eigenvalue weighted by molar-refractivity contribution is -0.119. The van der Waals surface area contributed by atoms with Crippen molar-refractivity contribution in [1.29, 1.82) is 0 Å². The van der Waals surface area contributed by atoms with Crippen molar-refractivity contribution in [1.82, 2.24) is 0 Å². The summed E-state index contributed by atoms with van der Waals surface area (Å²) in [6, 6.07) is 8.42. The molecule has 1 amide bonds. The number of para-hydroxylation sites is 1. The van der Waals surface area contributed by atoms with Crippen LogP contribution in [0, 0.1) is 0 Å². The van der Waals surface area contributed by atoms with Gasteiger partial charge in [-0.25, -0.2) is 0 Å². The Morgan fingerprint density at radius 1 is 1.24 bits per heavy atom. The average Bonchev–Trinajstić information content (AvgIpc) is 3.00. The van der Waals surface area contributed by atoms with Crippen LogP contribution in [0.5, 0.6) is 0 Å². The number of nitrogens with zero attached hydrogens (tertiary/aromatic N) is 1. The van der Waals surface area contributed by atoms with Crippen molar-refractivity contribution in [2.75, 3.05) is 10.7 Å². The Balaban J connectivity index is 2.08. The van der Waals surface area contributed by atoms with Gasteiger partial charge in [0.05, 0.1) is 16.8 Å². The van der Waals surface area contributed by atoms with Gasteiger partial charge in [0.2, 0.25) is 5.91 Å². The quantitative estimate of drug-likeness (QED) is 0.227. The maximum atomic E-state index is 13.1. The van der Waals surface area contributed by atoms with Crippen LogP contribution in [0.1, 0.15) is 58.3 Å². The zero-order valence-corrected chi connectivity index (χ0v) is 17.9. The Labute approximate surface area is 162 Å². The van der Waals surface area contributed by atoms with Crippen LogP contribution >= 0.6 is 32.4 Å². The molecule has 2 nitrogen and oxygen atoms in total. The number of hydrogen-bond acceptors (Lipinski definition) is 3. The number of carbonyl (C=O) groups is 1. The summed E-state index contributed by atoms with van der Waals surface area (Å²) in [5.74, 6) is 1.32. The molecule has 0 saturated carbocycles. The summed E-state index contributed by atoms with van der Waals surface area (Å²) >= 11 is 1.91. The molecule has 0 N–H and O–H groups in total. The molecule has 1 aliphatic rings.